The van der Waals surface area contributed by atoms with E-state index in [0.29, 0.717) is 25.5 Å². The molecule has 1 saturated heterocycles. The van der Waals surface area contributed by atoms with Gasteiger partial charge in [-0.3, -0.25) is 4.79 Å². The molecule has 5 nitrogen and oxygen atoms in total. The number of para-hydroxylation sites is 1. The van der Waals surface area contributed by atoms with Crippen molar-refractivity contribution in [1.29, 1.82) is 0 Å². The van der Waals surface area contributed by atoms with Gasteiger partial charge < -0.3 is 19.5 Å². The lowest BCUT2D eigenvalue weighted by atomic mass is 10.2. The quantitative estimate of drug-likeness (QED) is 0.866. The van der Waals surface area contributed by atoms with E-state index in [1.807, 2.05) is 31.2 Å². The van der Waals surface area contributed by atoms with Gasteiger partial charge in [-0.1, -0.05) is 18.2 Å². The Morgan fingerprint density at radius 3 is 3.05 bits per heavy atom. The van der Waals surface area contributed by atoms with Crippen LogP contribution >= 0.6 is 0 Å². The van der Waals surface area contributed by atoms with E-state index in [9.17, 15) is 9.90 Å². The third-order valence-electron chi connectivity index (χ3n) is 3.20. The summed E-state index contributed by atoms with van der Waals surface area (Å²) in [4.78, 5) is 13.7. The third kappa shape index (κ3) is 3.45. The molecule has 1 unspecified atom stereocenters. The second kappa shape index (κ2) is 6.54. The number of carbonyl (C=O) groups is 1. The van der Waals surface area contributed by atoms with Crippen LogP contribution in [0.15, 0.2) is 24.3 Å². The Kier molecular flexibility index (Phi) is 4.76. The van der Waals surface area contributed by atoms with Gasteiger partial charge in [-0.15, -0.1) is 0 Å². The number of aliphatic hydroxyl groups is 1. The second-order valence-corrected chi connectivity index (χ2v) is 4.55. The lowest BCUT2D eigenvalue weighted by Gasteiger charge is -2.34. The van der Waals surface area contributed by atoms with Crippen LogP contribution in [-0.4, -0.2) is 54.9 Å². The van der Waals surface area contributed by atoms with E-state index in [-0.39, 0.29) is 25.2 Å². The van der Waals surface area contributed by atoms with Gasteiger partial charge in [0.25, 0.3) is 5.91 Å². The minimum atomic E-state index is -0.262. The number of nitrogens with zero attached hydrogens (tertiary/aromatic N) is 1. The molecule has 1 atom stereocenters. The Hall–Kier alpha value is -1.59. The van der Waals surface area contributed by atoms with Crippen molar-refractivity contribution in [3.8, 4) is 5.75 Å². The van der Waals surface area contributed by atoms with Crippen LogP contribution in [-0.2, 0) is 9.53 Å². The topological polar surface area (TPSA) is 59.0 Å². The first-order chi connectivity index (χ1) is 9.22. The molecule has 0 radical (unpaired) electrons. The molecule has 0 aromatic heterocycles. The zero-order valence-corrected chi connectivity index (χ0v) is 11.0. The standard InChI is InChI=1S/C14H19NO4/c1-11-4-2-3-5-13(11)19-10-14(17)15-6-7-18-9-12(15)8-16/h2-5,12,16H,6-10H2,1H3. The van der Waals surface area contributed by atoms with E-state index in [0.717, 1.165) is 5.56 Å². The van der Waals surface area contributed by atoms with E-state index >= 15 is 0 Å². The number of hydrogen-bond acceptors (Lipinski definition) is 4. The van der Waals surface area contributed by atoms with Gasteiger partial charge in [-0.25, -0.2) is 0 Å². The summed E-state index contributed by atoms with van der Waals surface area (Å²) in [5.74, 6) is 0.593. The monoisotopic (exact) mass is 265 g/mol. The van der Waals surface area contributed by atoms with Crippen molar-refractivity contribution in [2.75, 3.05) is 33.0 Å². The Labute approximate surface area is 112 Å². The normalized spacial score (nSPS) is 19.3. The van der Waals surface area contributed by atoms with E-state index in [1.165, 1.54) is 0 Å². The SMILES string of the molecule is Cc1ccccc1OCC(=O)N1CCOCC1CO. The van der Waals surface area contributed by atoms with Crippen LogP contribution < -0.4 is 4.74 Å². The van der Waals surface area contributed by atoms with E-state index in [1.54, 1.807) is 4.90 Å². The Bertz CT molecular complexity index is 435. The number of aliphatic hydroxyl groups excluding tert-OH is 1. The Morgan fingerprint density at radius 2 is 2.32 bits per heavy atom. The summed E-state index contributed by atoms with van der Waals surface area (Å²) in [6.07, 6.45) is 0. The van der Waals surface area contributed by atoms with Gasteiger partial charge in [0.15, 0.2) is 6.61 Å². The molecule has 1 aliphatic heterocycles. The number of amides is 1. The predicted octanol–water partition coefficient (Wildman–Crippen LogP) is 0.594. The van der Waals surface area contributed by atoms with Gasteiger partial charge in [0.2, 0.25) is 0 Å². The molecule has 0 bridgehead atoms. The number of morpholine rings is 1. The lowest BCUT2D eigenvalue weighted by molar-refractivity contribution is -0.143. The molecule has 5 heteroatoms. The van der Waals surface area contributed by atoms with Crippen molar-refractivity contribution in [3.05, 3.63) is 29.8 Å². The first kappa shape index (κ1) is 13.8. The molecule has 1 aliphatic rings. The number of rotatable bonds is 4. The first-order valence-electron chi connectivity index (χ1n) is 6.39. The predicted molar refractivity (Wildman–Crippen MR) is 70.1 cm³/mol. The average Bonchev–Trinajstić information content (AvgIpc) is 2.46. The van der Waals surface area contributed by atoms with E-state index in [4.69, 9.17) is 9.47 Å². The lowest BCUT2D eigenvalue weighted by Crippen LogP contribution is -2.51. The second-order valence-electron chi connectivity index (χ2n) is 4.55. The number of benzene rings is 1. The first-order valence-corrected chi connectivity index (χ1v) is 6.39. The van der Waals surface area contributed by atoms with Crippen LogP contribution in [0.1, 0.15) is 5.56 Å². The smallest absolute Gasteiger partial charge is 0.260 e. The maximum Gasteiger partial charge on any atom is 0.260 e. The molecular formula is C14H19NO4. The average molecular weight is 265 g/mol. The molecule has 1 amide bonds. The van der Waals surface area contributed by atoms with Crippen LogP contribution in [0, 0.1) is 6.92 Å². The number of hydrogen-bond donors (Lipinski definition) is 1. The summed E-state index contributed by atoms with van der Waals surface area (Å²) < 4.78 is 10.8. The molecule has 1 aromatic carbocycles. The molecular weight excluding hydrogens is 246 g/mol. The number of carbonyl (C=O) groups excluding carboxylic acids is 1. The molecule has 1 aromatic rings. The summed E-state index contributed by atoms with van der Waals surface area (Å²) in [7, 11) is 0. The molecule has 2 rings (SSSR count). The maximum atomic E-state index is 12.1. The molecule has 1 fully saturated rings. The zero-order chi connectivity index (χ0) is 13.7. The highest BCUT2D eigenvalue weighted by Crippen LogP contribution is 2.16. The van der Waals surface area contributed by atoms with Crippen molar-refractivity contribution in [1.82, 2.24) is 4.90 Å². The van der Waals surface area contributed by atoms with Crippen LogP contribution in [0.2, 0.25) is 0 Å². The largest absolute Gasteiger partial charge is 0.484 e. The highest BCUT2D eigenvalue weighted by molar-refractivity contribution is 5.78. The molecule has 0 spiro atoms. The van der Waals surface area contributed by atoms with E-state index < -0.39 is 0 Å². The molecule has 19 heavy (non-hydrogen) atoms. The fourth-order valence-electron chi connectivity index (χ4n) is 2.08. The Morgan fingerprint density at radius 1 is 1.53 bits per heavy atom. The molecule has 1 heterocycles. The van der Waals surface area contributed by atoms with Crippen molar-refractivity contribution in [2.24, 2.45) is 0 Å². The fraction of sp³-hybridized carbons (Fsp3) is 0.500. The summed E-state index contributed by atoms with van der Waals surface area (Å²) in [6.45, 7) is 3.23. The summed E-state index contributed by atoms with van der Waals surface area (Å²) in [5.41, 5.74) is 0.996. The molecule has 0 aliphatic carbocycles. The minimum absolute atomic E-state index is 0.0125. The number of aryl methyl sites for hydroxylation is 1. The van der Waals surface area contributed by atoms with Crippen LogP contribution in [0.5, 0.6) is 5.75 Å². The Balaban J connectivity index is 1.92. The van der Waals surface area contributed by atoms with Crippen molar-refractivity contribution < 1.29 is 19.4 Å². The molecule has 1 N–H and O–H groups in total. The fourth-order valence-corrected chi connectivity index (χ4v) is 2.08. The van der Waals surface area contributed by atoms with Gasteiger partial charge in [0.1, 0.15) is 5.75 Å². The van der Waals surface area contributed by atoms with Gasteiger partial charge in [0, 0.05) is 6.54 Å². The minimum Gasteiger partial charge on any atom is -0.484 e. The highest BCUT2D eigenvalue weighted by Gasteiger charge is 2.26. The third-order valence-corrected chi connectivity index (χ3v) is 3.20. The van der Waals surface area contributed by atoms with Gasteiger partial charge >= 0.3 is 0 Å². The van der Waals surface area contributed by atoms with Crippen LogP contribution in [0.4, 0.5) is 0 Å². The van der Waals surface area contributed by atoms with Crippen molar-refractivity contribution in [3.63, 3.8) is 0 Å². The van der Waals surface area contributed by atoms with E-state index in [2.05, 4.69) is 0 Å². The summed E-state index contributed by atoms with van der Waals surface area (Å²) in [6, 6.07) is 7.31. The van der Waals surface area contributed by atoms with Crippen molar-refractivity contribution in [2.45, 2.75) is 13.0 Å². The maximum absolute atomic E-state index is 12.1. The van der Waals surface area contributed by atoms with Crippen LogP contribution in [0.25, 0.3) is 0 Å². The highest BCUT2D eigenvalue weighted by atomic mass is 16.5. The van der Waals surface area contributed by atoms with Gasteiger partial charge in [0.05, 0.1) is 25.9 Å². The van der Waals surface area contributed by atoms with Gasteiger partial charge in [-0.05, 0) is 18.6 Å². The van der Waals surface area contributed by atoms with Crippen LogP contribution in [0.3, 0.4) is 0 Å². The zero-order valence-electron chi connectivity index (χ0n) is 11.0. The number of ether oxygens (including phenoxy) is 2. The van der Waals surface area contributed by atoms with Crippen molar-refractivity contribution >= 4 is 5.91 Å². The summed E-state index contributed by atoms with van der Waals surface area (Å²) >= 11 is 0. The molecule has 0 saturated carbocycles. The summed E-state index contributed by atoms with van der Waals surface area (Å²) in [5, 5.41) is 9.22. The molecule has 104 valence electrons. The van der Waals surface area contributed by atoms with Gasteiger partial charge in [-0.2, -0.15) is 0 Å².